The molecular formula is C20H36F2N2O3. The van der Waals surface area contributed by atoms with E-state index in [1.807, 2.05) is 18.7 Å². The van der Waals surface area contributed by atoms with E-state index >= 15 is 0 Å². The van der Waals surface area contributed by atoms with Gasteiger partial charge in [-0.25, -0.2) is 8.78 Å². The van der Waals surface area contributed by atoms with Gasteiger partial charge in [0, 0.05) is 64.6 Å². The van der Waals surface area contributed by atoms with Crippen LogP contribution in [-0.4, -0.2) is 67.4 Å². The Morgan fingerprint density at radius 3 is 1.70 bits per heavy atom. The molecule has 27 heavy (non-hydrogen) atoms. The number of amides is 2. The van der Waals surface area contributed by atoms with Crippen LogP contribution in [0.25, 0.3) is 0 Å². The molecule has 0 aromatic heterocycles. The van der Waals surface area contributed by atoms with Gasteiger partial charge in [0.25, 0.3) is 5.92 Å². The van der Waals surface area contributed by atoms with E-state index in [2.05, 4.69) is 0 Å². The van der Waals surface area contributed by atoms with E-state index in [-0.39, 0.29) is 43.7 Å². The maximum Gasteiger partial charge on any atom is 0.251 e. The summed E-state index contributed by atoms with van der Waals surface area (Å²) in [6.45, 7) is 10.5. The van der Waals surface area contributed by atoms with Gasteiger partial charge in [-0.1, -0.05) is 27.7 Å². The van der Waals surface area contributed by atoms with Gasteiger partial charge in [0.15, 0.2) is 0 Å². The molecule has 0 bridgehead atoms. The van der Waals surface area contributed by atoms with Crippen molar-refractivity contribution in [2.24, 2.45) is 17.8 Å². The fourth-order valence-electron chi connectivity index (χ4n) is 3.34. The van der Waals surface area contributed by atoms with Crippen LogP contribution in [0.5, 0.6) is 0 Å². The number of nitrogens with zero attached hydrogens (tertiary/aromatic N) is 2. The van der Waals surface area contributed by atoms with Crippen molar-refractivity contribution in [2.75, 3.05) is 39.9 Å². The minimum Gasteiger partial charge on any atom is -0.384 e. The van der Waals surface area contributed by atoms with Gasteiger partial charge in [0.2, 0.25) is 11.8 Å². The molecule has 0 radical (unpaired) electrons. The first-order valence-electron chi connectivity index (χ1n) is 10.0. The van der Waals surface area contributed by atoms with Gasteiger partial charge in [-0.15, -0.1) is 0 Å². The summed E-state index contributed by atoms with van der Waals surface area (Å²) in [4.78, 5) is 26.6. The standard InChI is InChI=1S/C11H21NO2.C9H15F2NO/c1-9(2)11(13)12-6-4-10(5-7-12)8-14-3;1-7(2)8(13)12-5-3-9(10,11)4-6-12/h9-10H,4-8H2,1-3H3;7H,3-6H2,1-2H3. The monoisotopic (exact) mass is 390 g/mol. The molecule has 0 atom stereocenters. The summed E-state index contributed by atoms with van der Waals surface area (Å²) in [6, 6.07) is 0. The van der Waals surface area contributed by atoms with Crippen LogP contribution < -0.4 is 0 Å². The van der Waals surface area contributed by atoms with Gasteiger partial charge in [0.05, 0.1) is 0 Å². The lowest BCUT2D eigenvalue weighted by Crippen LogP contribution is -2.44. The normalized spacial score (nSPS) is 20.5. The summed E-state index contributed by atoms with van der Waals surface area (Å²) in [5.41, 5.74) is 0. The number of carbonyl (C=O) groups excluding carboxylic acids is 2. The molecule has 0 saturated carbocycles. The Balaban J connectivity index is 0.000000271. The summed E-state index contributed by atoms with van der Waals surface area (Å²) in [7, 11) is 1.74. The first-order valence-corrected chi connectivity index (χ1v) is 10.0. The van der Waals surface area contributed by atoms with Crippen LogP contribution in [-0.2, 0) is 14.3 Å². The Morgan fingerprint density at radius 2 is 1.33 bits per heavy atom. The van der Waals surface area contributed by atoms with Crippen LogP contribution in [0.3, 0.4) is 0 Å². The summed E-state index contributed by atoms with van der Waals surface area (Å²) in [5.74, 6) is -1.60. The molecule has 0 N–H and O–H groups in total. The van der Waals surface area contributed by atoms with Crippen molar-refractivity contribution in [3.63, 3.8) is 0 Å². The van der Waals surface area contributed by atoms with Crippen molar-refractivity contribution < 1.29 is 23.1 Å². The second kappa shape index (κ2) is 10.9. The molecule has 2 rings (SSSR count). The molecule has 2 aliphatic heterocycles. The van der Waals surface area contributed by atoms with Crippen molar-refractivity contribution in [1.29, 1.82) is 0 Å². The maximum absolute atomic E-state index is 12.7. The molecule has 0 aromatic rings. The highest BCUT2D eigenvalue weighted by molar-refractivity contribution is 5.78. The zero-order valence-electron chi connectivity index (χ0n) is 17.5. The largest absolute Gasteiger partial charge is 0.384 e. The molecule has 7 heteroatoms. The van der Waals surface area contributed by atoms with Crippen molar-refractivity contribution in [2.45, 2.75) is 59.3 Å². The highest BCUT2D eigenvalue weighted by atomic mass is 19.3. The number of ether oxygens (including phenoxy) is 1. The predicted molar refractivity (Wildman–Crippen MR) is 102 cm³/mol. The van der Waals surface area contributed by atoms with E-state index in [0.717, 1.165) is 32.5 Å². The van der Waals surface area contributed by atoms with E-state index in [0.29, 0.717) is 11.8 Å². The molecule has 2 fully saturated rings. The van der Waals surface area contributed by atoms with Crippen molar-refractivity contribution in [3.8, 4) is 0 Å². The van der Waals surface area contributed by atoms with E-state index in [1.54, 1.807) is 21.0 Å². The first-order chi connectivity index (χ1) is 12.6. The SMILES string of the molecule is CC(C)C(=O)N1CCC(F)(F)CC1.COCC1CCN(C(=O)C(C)C)CC1. The van der Waals surface area contributed by atoms with Gasteiger partial charge < -0.3 is 14.5 Å². The van der Waals surface area contributed by atoms with Crippen molar-refractivity contribution in [1.82, 2.24) is 9.80 Å². The molecule has 0 unspecified atom stereocenters. The summed E-state index contributed by atoms with van der Waals surface area (Å²) < 4.78 is 30.5. The van der Waals surface area contributed by atoms with Gasteiger partial charge in [-0.3, -0.25) is 9.59 Å². The van der Waals surface area contributed by atoms with Crippen LogP contribution >= 0.6 is 0 Å². The van der Waals surface area contributed by atoms with Crippen LogP contribution in [0.4, 0.5) is 8.78 Å². The molecule has 2 aliphatic rings. The van der Waals surface area contributed by atoms with Crippen LogP contribution in [0.15, 0.2) is 0 Å². The third-order valence-corrected chi connectivity index (χ3v) is 5.12. The average molecular weight is 391 g/mol. The second-order valence-electron chi connectivity index (χ2n) is 8.21. The third-order valence-electron chi connectivity index (χ3n) is 5.12. The minimum atomic E-state index is -2.56. The number of halogens is 2. The minimum absolute atomic E-state index is 0.0181. The molecule has 0 spiro atoms. The van der Waals surface area contributed by atoms with Crippen LogP contribution in [0.2, 0.25) is 0 Å². The number of likely N-dealkylation sites (tertiary alicyclic amines) is 2. The number of hydrogen-bond donors (Lipinski definition) is 0. The third kappa shape index (κ3) is 8.11. The quantitative estimate of drug-likeness (QED) is 0.739. The Kier molecular flexibility index (Phi) is 9.63. The lowest BCUT2D eigenvalue weighted by molar-refractivity contribution is -0.140. The molecular weight excluding hydrogens is 354 g/mol. The predicted octanol–water partition coefficient (Wildman–Crippen LogP) is 3.43. The molecule has 5 nitrogen and oxygen atoms in total. The average Bonchev–Trinajstić information content (AvgIpc) is 2.62. The van der Waals surface area contributed by atoms with E-state index in [4.69, 9.17) is 4.74 Å². The van der Waals surface area contributed by atoms with Crippen molar-refractivity contribution in [3.05, 3.63) is 0 Å². The Bertz CT molecular complexity index is 466. The van der Waals surface area contributed by atoms with Crippen LogP contribution in [0.1, 0.15) is 53.4 Å². The summed E-state index contributed by atoms with van der Waals surface area (Å²) in [5, 5.41) is 0. The topological polar surface area (TPSA) is 49.9 Å². The maximum atomic E-state index is 12.7. The fourth-order valence-corrected chi connectivity index (χ4v) is 3.34. The first kappa shape index (κ1) is 23.8. The summed E-state index contributed by atoms with van der Waals surface area (Å²) in [6.07, 6.45) is 1.80. The van der Waals surface area contributed by atoms with E-state index in [9.17, 15) is 18.4 Å². The number of alkyl halides is 2. The molecule has 0 aromatic carbocycles. The van der Waals surface area contributed by atoms with Gasteiger partial charge >= 0.3 is 0 Å². The van der Waals surface area contributed by atoms with Crippen LogP contribution in [0, 0.1) is 17.8 Å². The second-order valence-corrected chi connectivity index (χ2v) is 8.21. The summed E-state index contributed by atoms with van der Waals surface area (Å²) >= 11 is 0. The fraction of sp³-hybridized carbons (Fsp3) is 0.900. The highest BCUT2D eigenvalue weighted by Gasteiger charge is 2.35. The van der Waals surface area contributed by atoms with Gasteiger partial charge in [0.1, 0.15) is 0 Å². The van der Waals surface area contributed by atoms with Gasteiger partial charge in [-0.05, 0) is 18.8 Å². The highest BCUT2D eigenvalue weighted by Crippen LogP contribution is 2.28. The smallest absolute Gasteiger partial charge is 0.251 e. The Hall–Kier alpha value is -1.24. The van der Waals surface area contributed by atoms with E-state index < -0.39 is 5.92 Å². The van der Waals surface area contributed by atoms with Crippen molar-refractivity contribution >= 4 is 11.8 Å². The number of piperidine rings is 2. The zero-order chi connectivity index (χ0) is 20.6. The molecule has 2 amide bonds. The number of carbonyl (C=O) groups is 2. The molecule has 2 heterocycles. The lowest BCUT2D eigenvalue weighted by Gasteiger charge is -2.32. The van der Waals surface area contributed by atoms with E-state index in [1.165, 1.54) is 4.90 Å². The van der Waals surface area contributed by atoms with Gasteiger partial charge in [-0.2, -0.15) is 0 Å². The lowest BCUT2D eigenvalue weighted by atomic mass is 9.97. The molecule has 2 saturated heterocycles. The molecule has 158 valence electrons. The molecule has 0 aliphatic carbocycles. The number of hydrogen-bond acceptors (Lipinski definition) is 3. The zero-order valence-corrected chi connectivity index (χ0v) is 17.5. The Labute approximate surface area is 162 Å². The number of rotatable bonds is 4. The number of methoxy groups -OCH3 is 1. The Morgan fingerprint density at radius 1 is 0.926 bits per heavy atom.